The molecule has 0 bridgehead atoms. The molecule has 0 amide bonds. The first kappa shape index (κ1) is 9.22. The molecule has 0 aromatic heterocycles. The Balaban J connectivity index is 2.27. The Hall–Kier alpha value is -0.340. The third-order valence-corrected chi connectivity index (χ3v) is 3.20. The summed E-state index contributed by atoms with van der Waals surface area (Å²) in [4.78, 5) is 2.48. The Morgan fingerprint density at radius 1 is 1.38 bits per heavy atom. The molecule has 0 fully saturated rings. The van der Waals surface area contributed by atoms with Crippen molar-refractivity contribution in [2.24, 2.45) is 0 Å². The second kappa shape index (κ2) is 3.81. The molecule has 0 unspecified atom stereocenters. The summed E-state index contributed by atoms with van der Waals surface area (Å²) in [7, 11) is 0. The van der Waals surface area contributed by atoms with Crippen LogP contribution < -0.4 is 0 Å². The van der Waals surface area contributed by atoms with Crippen LogP contribution >= 0.6 is 15.9 Å². The van der Waals surface area contributed by atoms with Crippen molar-refractivity contribution in [3.05, 3.63) is 33.8 Å². The Kier molecular flexibility index (Phi) is 2.70. The van der Waals surface area contributed by atoms with E-state index in [4.69, 9.17) is 0 Å². The van der Waals surface area contributed by atoms with Crippen LogP contribution in [-0.4, -0.2) is 18.0 Å². The van der Waals surface area contributed by atoms with E-state index in [0.717, 1.165) is 13.1 Å². The predicted molar refractivity (Wildman–Crippen MR) is 58.8 cm³/mol. The molecule has 1 nitrogen and oxygen atoms in total. The molecule has 1 heterocycles. The van der Waals surface area contributed by atoms with Gasteiger partial charge in [0, 0.05) is 17.6 Å². The first-order chi connectivity index (χ1) is 6.29. The number of fused-ring (bicyclic) bond motifs is 1. The van der Waals surface area contributed by atoms with Gasteiger partial charge in [0.1, 0.15) is 0 Å². The highest BCUT2D eigenvalue weighted by Gasteiger charge is 2.14. The number of benzene rings is 1. The van der Waals surface area contributed by atoms with E-state index in [9.17, 15) is 0 Å². The largest absolute Gasteiger partial charge is 0.299 e. The van der Waals surface area contributed by atoms with Crippen LogP contribution in [0.4, 0.5) is 0 Å². The molecule has 1 aromatic rings. The third kappa shape index (κ3) is 1.94. The summed E-state index contributed by atoms with van der Waals surface area (Å²) >= 11 is 3.51. The Morgan fingerprint density at radius 2 is 2.23 bits per heavy atom. The van der Waals surface area contributed by atoms with Gasteiger partial charge >= 0.3 is 0 Å². The minimum atomic E-state index is 1.12. The van der Waals surface area contributed by atoms with Gasteiger partial charge < -0.3 is 0 Å². The maximum absolute atomic E-state index is 3.51. The van der Waals surface area contributed by atoms with Crippen LogP contribution in [0.2, 0.25) is 0 Å². The minimum Gasteiger partial charge on any atom is -0.299 e. The average Bonchev–Trinajstić information content (AvgIpc) is 2.16. The summed E-state index contributed by atoms with van der Waals surface area (Å²) in [6.07, 6.45) is 1.20. The first-order valence-corrected chi connectivity index (χ1v) is 5.58. The molecule has 13 heavy (non-hydrogen) atoms. The normalized spacial score (nSPS) is 17.1. The van der Waals surface area contributed by atoms with E-state index in [1.807, 2.05) is 0 Å². The van der Waals surface area contributed by atoms with Crippen LogP contribution in [-0.2, 0) is 13.0 Å². The monoisotopic (exact) mass is 239 g/mol. The van der Waals surface area contributed by atoms with E-state index in [1.165, 1.54) is 28.6 Å². The molecule has 1 aliphatic rings. The lowest BCUT2D eigenvalue weighted by Gasteiger charge is -2.27. The fraction of sp³-hybridized carbons (Fsp3) is 0.455. The van der Waals surface area contributed by atoms with Crippen LogP contribution in [0.1, 0.15) is 18.1 Å². The summed E-state index contributed by atoms with van der Waals surface area (Å²) in [5, 5.41) is 0. The minimum absolute atomic E-state index is 1.12. The molecule has 1 aromatic carbocycles. The maximum Gasteiger partial charge on any atom is 0.0236 e. The van der Waals surface area contributed by atoms with E-state index in [0.29, 0.717) is 0 Å². The third-order valence-electron chi connectivity index (χ3n) is 2.71. The molecule has 0 saturated carbocycles. The van der Waals surface area contributed by atoms with Crippen molar-refractivity contribution >= 4 is 15.9 Å². The molecule has 0 saturated heterocycles. The molecule has 0 N–H and O–H groups in total. The molecule has 0 aliphatic carbocycles. The van der Waals surface area contributed by atoms with Crippen molar-refractivity contribution in [1.29, 1.82) is 0 Å². The molecular weight excluding hydrogens is 226 g/mol. The van der Waals surface area contributed by atoms with Gasteiger partial charge in [-0.05, 0) is 36.2 Å². The molecule has 0 radical (unpaired) electrons. The number of nitrogens with zero attached hydrogens (tertiary/aromatic N) is 1. The van der Waals surface area contributed by atoms with E-state index in [1.54, 1.807) is 0 Å². The van der Waals surface area contributed by atoms with Gasteiger partial charge in [0.2, 0.25) is 0 Å². The Bertz CT molecular complexity index is 309. The number of hydrogen-bond acceptors (Lipinski definition) is 1. The van der Waals surface area contributed by atoms with Crippen LogP contribution in [0.5, 0.6) is 0 Å². The SMILES string of the molecule is CCN1CCc2ccc(Br)cc2C1. The predicted octanol–water partition coefficient (Wildman–Crippen LogP) is 2.83. The number of hydrogen-bond donors (Lipinski definition) is 0. The quantitative estimate of drug-likeness (QED) is 0.729. The van der Waals surface area contributed by atoms with E-state index in [-0.39, 0.29) is 0 Å². The summed E-state index contributed by atoms with van der Waals surface area (Å²) < 4.78 is 1.20. The van der Waals surface area contributed by atoms with Gasteiger partial charge in [-0.1, -0.05) is 28.9 Å². The zero-order chi connectivity index (χ0) is 9.26. The zero-order valence-corrected chi connectivity index (χ0v) is 9.47. The van der Waals surface area contributed by atoms with Crippen LogP contribution in [0.25, 0.3) is 0 Å². The number of rotatable bonds is 1. The van der Waals surface area contributed by atoms with E-state index in [2.05, 4.69) is 46.0 Å². The van der Waals surface area contributed by atoms with Gasteiger partial charge in [0.15, 0.2) is 0 Å². The molecular formula is C11H14BrN. The number of likely N-dealkylation sites (N-methyl/N-ethyl adjacent to an activating group) is 1. The van der Waals surface area contributed by atoms with Crippen molar-refractivity contribution in [3.8, 4) is 0 Å². The first-order valence-electron chi connectivity index (χ1n) is 4.79. The second-order valence-corrected chi connectivity index (χ2v) is 4.45. The summed E-state index contributed by atoms with van der Waals surface area (Å²) in [5.74, 6) is 0. The topological polar surface area (TPSA) is 3.24 Å². The lowest BCUT2D eigenvalue weighted by Crippen LogP contribution is -2.30. The van der Waals surface area contributed by atoms with Gasteiger partial charge in [-0.2, -0.15) is 0 Å². The highest BCUT2D eigenvalue weighted by atomic mass is 79.9. The maximum atomic E-state index is 3.51. The van der Waals surface area contributed by atoms with Crippen LogP contribution in [0.3, 0.4) is 0 Å². The van der Waals surface area contributed by atoms with Crippen molar-refractivity contribution < 1.29 is 0 Å². The average molecular weight is 240 g/mol. The number of halogens is 1. The van der Waals surface area contributed by atoms with Gasteiger partial charge in [-0.15, -0.1) is 0 Å². The lowest BCUT2D eigenvalue weighted by atomic mass is 10.0. The summed E-state index contributed by atoms with van der Waals surface area (Å²) in [6.45, 7) is 5.71. The Morgan fingerprint density at radius 3 is 3.00 bits per heavy atom. The summed E-state index contributed by atoms with van der Waals surface area (Å²) in [6, 6.07) is 6.63. The van der Waals surface area contributed by atoms with Gasteiger partial charge in [0.05, 0.1) is 0 Å². The fourth-order valence-corrected chi connectivity index (χ4v) is 2.26. The fourth-order valence-electron chi connectivity index (χ4n) is 1.85. The van der Waals surface area contributed by atoms with Gasteiger partial charge in [-0.25, -0.2) is 0 Å². The molecule has 2 rings (SSSR count). The highest BCUT2D eigenvalue weighted by Crippen LogP contribution is 2.22. The van der Waals surface area contributed by atoms with Gasteiger partial charge in [0.25, 0.3) is 0 Å². The van der Waals surface area contributed by atoms with Crippen molar-refractivity contribution in [2.75, 3.05) is 13.1 Å². The van der Waals surface area contributed by atoms with E-state index >= 15 is 0 Å². The van der Waals surface area contributed by atoms with Crippen LogP contribution in [0.15, 0.2) is 22.7 Å². The molecule has 0 atom stereocenters. The molecule has 2 heteroatoms. The summed E-state index contributed by atoms with van der Waals surface area (Å²) in [5.41, 5.74) is 3.01. The second-order valence-electron chi connectivity index (χ2n) is 3.53. The molecule has 70 valence electrons. The molecule has 0 spiro atoms. The highest BCUT2D eigenvalue weighted by molar-refractivity contribution is 9.10. The van der Waals surface area contributed by atoms with E-state index < -0.39 is 0 Å². The van der Waals surface area contributed by atoms with Crippen molar-refractivity contribution in [2.45, 2.75) is 19.9 Å². The molecule has 1 aliphatic heterocycles. The zero-order valence-electron chi connectivity index (χ0n) is 7.89. The lowest BCUT2D eigenvalue weighted by molar-refractivity contribution is 0.268. The van der Waals surface area contributed by atoms with Gasteiger partial charge in [-0.3, -0.25) is 4.90 Å². The van der Waals surface area contributed by atoms with Crippen molar-refractivity contribution in [1.82, 2.24) is 4.90 Å². The van der Waals surface area contributed by atoms with Crippen LogP contribution in [0, 0.1) is 0 Å². The smallest absolute Gasteiger partial charge is 0.0236 e. The van der Waals surface area contributed by atoms with Crippen molar-refractivity contribution in [3.63, 3.8) is 0 Å². The standard InChI is InChI=1S/C11H14BrN/c1-2-13-6-5-9-3-4-11(12)7-10(9)8-13/h3-4,7H,2,5-6,8H2,1H3. The Labute approximate surface area is 87.9 Å².